The van der Waals surface area contributed by atoms with E-state index in [0.29, 0.717) is 5.69 Å². The highest BCUT2D eigenvalue weighted by molar-refractivity contribution is 7.92. The Morgan fingerprint density at radius 2 is 1.54 bits per heavy atom. The van der Waals surface area contributed by atoms with Crippen LogP contribution in [-0.4, -0.2) is 34.0 Å². The van der Waals surface area contributed by atoms with E-state index in [4.69, 9.17) is 0 Å². The minimum Gasteiger partial charge on any atom is -0.372 e. The number of rotatable bonds is 8. The van der Waals surface area contributed by atoms with Crippen molar-refractivity contribution in [1.82, 2.24) is 5.32 Å². The zero-order chi connectivity index (χ0) is 24.8. The summed E-state index contributed by atoms with van der Waals surface area (Å²) in [6, 6.07) is 23.4. The first kappa shape index (κ1) is 24.8. The molecule has 0 aromatic heterocycles. The lowest BCUT2D eigenvalue weighted by atomic mass is 10.1. The largest absolute Gasteiger partial charge is 0.372 e. The number of para-hydroxylation sites is 1. The zero-order valence-electron chi connectivity index (χ0n) is 20.4. The topological polar surface area (TPSA) is 69.7 Å². The molecule has 1 saturated heterocycles. The number of aryl methyl sites for hydroxylation is 1. The van der Waals surface area contributed by atoms with E-state index in [-0.39, 0.29) is 23.4 Å². The van der Waals surface area contributed by atoms with E-state index in [1.54, 1.807) is 48.5 Å². The van der Waals surface area contributed by atoms with E-state index in [9.17, 15) is 13.2 Å². The summed E-state index contributed by atoms with van der Waals surface area (Å²) in [5.74, 6) is -0.364. The Morgan fingerprint density at radius 1 is 0.914 bits per heavy atom. The van der Waals surface area contributed by atoms with Crippen LogP contribution in [-0.2, 0) is 14.8 Å². The van der Waals surface area contributed by atoms with Gasteiger partial charge < -0.3 is 10.2 Å². The van der Waals surface area contributed by atoms with E-state index in [1.165, 1.54) is 29.3 Å². The summed E-state index contributed by atoms with van der Waals surface area (Å²) in [4.78, 5) is 15.6. The fraction of sp³-hybridized carbons (Fsp3) is 0.321. The van der Waals surface area contributed by atoms with E-state index >= 15 is 0 Å². The van der Waals surface area contributed by atoms with Gasteiger partial charge in [0, 0.05) is 18.8 Å². The van der Waals surface area contributed by atoms with E-state index < -0.39 is 10.0 Å². The number of carbonyl (C=O) groups is 1. The molecule has 0 spiro atoms. The van der Waals surface area contributed by atoms with Crippen LogP contribution in [0.1, 0.15) is 43.4 Å². The number of hydrogen-bond acceptors (Lipinski definition) is 4. The molecule has 1 atom stereocenters. The Bertz CT molecular complexity index is 1220. The maximum atomic E-state index is 13.5. The average molecular weight is 492 g/mol. The van der Waals surface area contributed by atoms with E-state index in [1.807, 2.05) is 32.0 Å². The molecule has 3 aromatic carbocycles. The number of nitrogens with one attached hydrogen (secondary N) is 1. The summed E-state index contributed by atoms with van der Waals surface area (Å²) in [5, 5.41) is 2.97. The van der Waals surface area contributed by atoms with Crippen molar-refractivity contribution in [3.8, 4) is 0 Å². The number of nitrogens with zero attached hydrogens (tertiary/aromatic N) is 2. The lowest BCUT2D eigenvalue weighted by Gasteiger charge is -2.29. The molecule has 1 aliphatic rings. The molecule has 35 heavy (non-hydrogen) atoms. The highest BCUT2D eigenvalue weighted by Crippen LogP contribution is 2.25. The number of benzene rings is 3. The van der Waals surface area contributed by atoms with Gasteiger partial charge in [0.1, 0.15) is 6.54 Å². The molecule has 1 heterocycles. The summed E-state index contributed by atoms with van der Waals surface area (Å²) in [5.41, 5.74) is 3.59. The van der Waals surface area contributed by atoms with Crippen LogP contribution >= 0.6 is 0 Å². The molecule has 6 nitrogen and oxygen atoms in total. The van der Waals surface area contributed by atoms with Gasteiger partial charge in [0.2, 0.25) is 5.91 Å². The van der Waals surface area contributed by atoms with Gasteiger partial charge in [-0.25, -0.2) is 8.42 Å². The number of anilines is 2. The Kier molecular flexibility index (Phi) is 7.76. The molecule has 0 bridgehead atoms. The lowest BCUT2D eigenvalue weighted by Crippen LogP contribution is -2.41. The van der Waals surface area contributed by atoms with Crippen molar-refractivity contribution in [2.24, 2.45) is 0 Å². The molecule has 3 aromatic rings. The van der Waals surface area contributed by atoms with Crippen molar-refractivity contribution in [2.75, 3.05) is 28.8 Å². The summed E-state index contributed by atoms with van der Waals surface area (Å²) < 4.78 is 28.1. The number of carbonyl (C=O) groups excluding carboxylic acids is 1. The maximum Gasteiger partial charge on any atom is 0.264 e. The zero-order valence-corrected chi connectivity index (χ0v) is 21.2. The quantitative estimate of drug-likeness (QED) is 0.478. The second-order valence-corrected chi connectivity index (χ2v) is 11.0. The number of piperidine rings is 1. The van der Waals surface area contributed by atoms with Crippen molar-refractivity contribution in [1.29, 1.82) is 0 Å². The molecule has 0 aliphatic carbocycles. The summed E-state index contributed by atoms with van der Waals surface area (Å²) in [6.07, 6.45) is 3.73. The van der Waals surface area contributed by atoms with Gasteiger partial charge in [-0.1, -0.05) is 48.0 Å². The predicted molar refractivity (Wildman–Crippen MR) is 141 cm³/mol. The van der Waals surface area contributed by atoms with Crippen LogP contribution in [0.25, 0.3) is 0 Å². The highest BCUT2D eigenvalue weighted by Gasteiger charge is 2.27. The van der Waals surface area contributed by atoms with Gasteiger partial charge >= 0.3 is 0 Å². The minimum atomic E-state index is -3.92. The van der Waals surface area contributed by atoms with Gasteiger partial charge in [0.15, 0.2) is 0 Å². The van der Waals surface area contributed by atoms with Crippen LogP contribution in [0.2, 0.25) is 0 Å². The normalized spacial score (nSPS) is 14.9. The smallest absolute Gasteiger partial charge is 0.264 e. The van der Waals surface area contributed by atoms with Crippen LogP contribution < -0.4 is 14.5 Å². The highest BCUT2D eigenvalue weighted by atomic mass is 32.2. The minimum absolute atomic E-state index is 0.154. The molecule has 184 valence electrons. The summed E-state index contributed by atoms with van der Waals surface area (Å²) >= 11 is 0. The molecule has 1 amide bonds. The second kappa shape index (κ2) is 11.0. The van der Waals surface area contributed by atoms with Crippen LogP contribution in [0.5, 0.6) is 0 Å². The Morgan fingerprint density at radius 3 is 2.17 bits per heavy atom. The van der Waals surface area contributed by atoms with Crippen LogP contribution in [0.3, 0.4) is 0 Å². The standard InChI is InChI=1S/C28H33N3O3S/c1-22-11-17-27(18-12-22)35(33,34)31(26-9-5-3-6-10-26)21-28(32)29-23(2)24-13-15-25(16-14-24)30-19-7-4-8-20-30/h3,5-6,9-18,23H,4,7-8,19-21H2,1-2H3,(H,29,32). The third-order valence-electron chi connectivity index (χ3n) is 6.43. The molecular weight excluding hydrogens is 458 g/mol. The molecule has 1 aliphatic heterocycles. The summed E-state index contributed by atoms with van der Waals surface area (Å²) in [6.45, 7) is 5.66. The van der Waals surface area contributed by atoms with E-state index in [0.717, 1.165) is 24.2 Å². The Labute approximate surface area is 208 Å². The molecule has 1 N–H and O–H groups in total. The fourth-order valence-electron chi connectivity index (χ4n) is 4.37. The molecule has 7 heteroatoms. The third-order valence-corrected chi connectivity index (χ3v) is 8.22. The maximum absolute atomic E-state index is 13.5. The molecule has 1 fully saturated rings. The number of amides is 1. The predicted octanol–water partition coefficient (Wildman–Crippen LogP) is 5.06. The molecule has 1 unspecified atom stereocenters. The first-order chi connectivity index (χ1) is 16.8. The van der Waals surface area contributed by atoms with Gasteiger partial charge in [-0.3, -0.25) is 9.10 Å². The van der Waals surface area contributed by atoms with Crippen molar-refractivity contribution in [3.63, 3.8) is 0 Å². The van der Waals surface area contributed by atoms with E-state index in [2.05, 4.69) is 22.3 Å². The van der Waals surface area contributed by atoms with Gasteiger partial charge in [-0.2, -0.15) is 0 Å². The fourth-order valence-corrected chi connectivity index (χ4v) is 5.79. The Balaban J connectivity index is 1.48. The Hall–Kier alpha value is -3.32. The van der Waals surface area contributed by atoms with Crippen molar-refractivity contribution in [3.05, 3.63) is 90.0 Å². The van der Waals surface area contributed by atoms with Crippen molar-refractivity contribution >= 4 is 27.3 Å². The van der Waals surface area contributed by atoms with Crippen LogP contribution in [0, 0.1) is 6.92 Å². The molecular formula is C28H33N3O3S. The van der Waals surface area contributed by atoms with Crippen molar-refractivity contribution < 1.29 is 13.2 Å². The molecule has 0 saturated carbocycles. The first-order valence-electron chi connectivity index (χ1n) is 12.1. The van der Waals surface area contributed by atoms with Gasteiger partial charge in [-0.05, 0) is 75.1 Å². The average Bonchev–Trinajstić information content (AvgIpc) is 2.88. The summed E-state index contributed by atoms with van der Waals surface area (Å²) in [7, 11) is -3.92. The monoisotopic (exact) mass is 491 g/mol. The van der Waals surface area contributed by atoms with Gasteiger partial charge in [0.25, 0.3) is 10.0 Å². The van der Waals surface area contributed by atoms with Crippen LogP contribution in [0.4, 0.5) is 11.4 Å². The molecule has 4 rings (SSSR count). The SMILES string of the molecule is Cc1ccc(S(=O)(=O)N(CC(=O)NC(C)c2ccc(N3CCCCC3)cc2)c2ccccc2)cc1. The van der Waals surface area contributed by atoms with Gasteiger partial charge in [0.05, 0.1) is 16.6 Å². The number of hydrogen-bond donors (Lipinski definition) is 1. The third kappa shape index (κ3) is 6.03. The van der Waals surface area contributed by atoms with Crippen molar-refractivity contribution in [2.45, 2.75) is 44.0 Å². The number of sulfonamides is 1. The first-order valence-corrected chi connectivity index (χ1v) is 13.6. The lowest BCUT2D eigenvalue weighted by molar-refractivity contribution is -0.120. The molecule has 0 radical (unpaired) electrons. The van der Waals surface area contributed by atoms with Crippen LogP contribution in [0.15, 0.2) is 83.8 Å². The van der Waals surface area contributed by atoms with Gasteiger partial charge in [-0.15, -0.1) is 0 Å². The second-order valence-electron chi connectivity index (χ2n) is 9.09.